The van der Waals surface area contributed by atoms with Crippen LogP contribution < -0.4 is 16.4 Å². The summed E-state index contributed by atoms with van der Waals surface area (Å²) in [7, 11) is 0. The van der Waals surface area contributed by atoms with Crippen LogP contribution in [-0.4, -0.2) is 27.5 Å². The molecule has 10 heteroatoms. The summed E-state index contributed by atoms with van der Waals surface area (Å²) in [6.07, 6.45) is 4.95. The molecule has 0 amide bonds. The fourth-order valence-electron chi connectivity index (χ4n) is 3.19. The van der Waals surface area contributed by atoms with Gasteiger partial charge in [0.05, 0.1) is 4.92 Å². The minimum absolute atomic E-state index is 0.127. The Morgan fingerprint density at radius 2 is 1.93 bits per heavy atom. The van der Waals surface area contributed by atoms with Crippen molar-refractivity contribution in [3.8, 4) is 0 Å². The molecule has 28 heavy (non-hydrogen) atoms. The van der Waals surface area contributed by atoms with E-state index >= 15 is 0 Å². The van der Waals surface area contributed by atoms with Gasteiger partial charge in [0, 0.05) is 19.1 Å². The Balaban J connectivity index is 1.66. The summed E-state index contributed by atoms with van der Waals surface area (Å²) in [5.41, 5.74) is 6.18. The van der Waals surface area contributed by atoms with Gasteiger partial charge in [-0.1, -0.05) is 6.07 Å². The molecule has 3 rings (SSSR count). The van der Waals surface area contributed by atoms with Crippen LogP contribution in [0.4, 0.5) is 26.2 Å². The molecule has 0 atom stereocenters. The normalized spacial score (nSPS) is 19.2. The van der Waals surface area contributed by atoms with Crippen molar-refractivity contribution in [1.29, 1.82) is 0 Å². The first-order valence-corrected chi connectivity index (χ1v) is 9.11. The first kappa shape index (κ1) is 19.9. The number of rotatable bonds is 7. The van der Waals surface area contributed by atoms with Gasteiger partial charge in [0.1, 0.15) is 6.20 Å². The summed E-state index contributed by atoms with van der Waals surface area (Å²) in [4.78, 5) is 18.8. The van der Waals surface area contributed by atoms with Gasteiger partial charge in [-0.3, -0.25) is 10.1 Å². The molecule has 1 saturated carbocycles. The predicted octanol–water partition coefficient (Wildman–Crippen LogP) is 3.20. The van der Waals surface area contributed by atoms with Gasteiger partial charge >= 0.3 is 5.69 Å². The van der Waals surface area contributed by atoms with E-state index in [4.69, 9.17) is 5.73 Å². The predicted molar refractivity (Wildman–Crippen MR) is 101 cm³/mol. The Kier molecular flexibility index (Phi) is 6.30. The molecule has 2 aromatic rings. The molecule has 1 aliphatic rings. The van der Waals surface area contributed by atoms with E-state index in [1.807, 2.05) is 0 Å². The van der Waals surface area contributed by atoms with Gasteiger partial charge in [-0.15, -0.1) is 0 Å². The molecule has 1 aromatic heterocycles. The quantitative estimate of drug-likeness (QED) is 0.489. The maximum absolute atomic E-state index is 13.3. The Bertz CT molecular complexity index is 843. The second-order valence-electron chi connectivity index (χ2n) is 6.95. The van der Waals surface area contributed by atoms with Gasteiger partial charge in [-0.05, 0) is 49.3 Å². The lowest BCUT2D eigenvalue weighted by atomic mass is 9.86. The molecule has 150 valence electrons. The van der Waals surface area contributed by atoms with E-state index in [-0.39, 0.29) is 30.0 Å². The average molecular weight is 392 g/mol. The summed E-state index contributed by atoms with van der Waals surface area (Å²) < 4.78 is 26.3. The molecule has 1 fully saturated rings. The molecular formula is C18H22F2N6O2. The Morgan fingerprint density at radius 1 is 1.18 bits per heavy atom. The highest BCUT2D eigenvalue weighted by Crippen LogP contribution is 2.26. The molecule has 0 unspecified atom stereocenters. The molecule has 0 spiro atoms. The van der Waals surface area contributed by atoms with Crippen LogP contribution in [0.25, 0.3) is 0 Å². The average Bonchev–Trinajstić information content (AvgIpc) is 2.68. The van der Waals surface area contributed by atoms with E-state index in [9.17, 15) is 18.9 Å². The van der Waals surface area contributed by atoms with Crippen LogP contribution in [0.15, 0.2) is 24.4 Å². The molecular weight excluding hydrogens is 370 g/mol. The Hall–Kier alpha value is -2.88. The molecule has 1 heterocycles. The van der Waals surface area contributed by atoms with Crippen LogP contribution in [0.5, 0.6) is 0 Å². The van der Waals surface area contributed by atoms with Crippen LogP contribution in [0.1, 0.15) is 31.2 Å². The third-order valence-electron chi connectivity index (χ3n) is 4.85. The Labute approximate surface area is 160 Å². The van der Waals surface area contributed by atoms with Crippen molar-refractivity contribution >= 4 is 17.5 Å². The zero-order chi connectivity index (χ0) is 20.1. The van der Waals surface area contributed by atoms with Crippen LogP contribution in [0.3, 0.4) is 0 Å². The number of nitrogens with one attached hydrogen (secondary N) is 2. The highest BCUT2D eigenvalue weighted by molar-refractivity contribution is 5.57. The highest BCUT2D eigenvalue weighted by atomic mass is 19.2. The minimum atomic E-state index is -0.946. The minimum Gasteiger partial charge on any atom is -0.364 e. The lowest BCUT2D eigenvalue weighted by Gasteiger charge is -2.26. The maximum atomic E-state index is 13.3. The number of benzene rings is 1. The van der Waals surface area contributed by atoms with Crippen molar-refractivity contribution in [2.75, 3.05) is 17.2 Å². The van der Waals surface area contributed by atoms with Crippen molar-refractivity contribution in [2.45, 2.75) is 38.3 Å². The second kappa shape index (κ2) is 8.87. The van der Waals surface area contributed by atoms with Gasteiger partial charge in [0.25, 0.3) is 0 Å². The third-order valence-corrected chi connectivity index (χ3v) is 4.85. The van der Waals surface area contributed by atoms with Gasteiger partial charge in [0.2, 0.25) is 11.8 Å². The molecule has 1 aromatic carbocycles. The number of nitro groups is 1. The SMILES string of the molecule is N[C@H]1CC[C@H](CNc2nc(NCc3ccc(F)c(F)c3)ncc2[N+](=O)[O-])CC1. The number of hydrogen-bond donors (Lipinski definition) is 3. The van der Waals surface area contributed by atoms with E-state index in [1.165, 1.54) is 6.07 Å². The van der Waals surface area contributed by atoms with Crippen LogP contribution in [0.2, 0.25) is 0 Å². The van der Waals surface area contributed by atoms with Crippen LogP contribution in [-0.2, 0) is 6.54 Å². The van der Waals surface area contributed by atoms with Gasteiger partial charge < -0.3 is 16.4 Å². The van der Waals surface area contributed by atoms with E-state index < -0.39 is 16.6 Å². The fraction of sp³-hybridized carbons (Fsp3) is 0.444. The van der Waals surface area contributed by atoms with Gasteiger partial charge in [0.15, 0.2) is 11.6 Å². The van der Waals surface area contributed by atoms with Crippen molar-refractivity contribution in [3.05, 3.63) is 51.7 Å². The lowest BCUT2D eigenvalue weighted by Crippen LogP contribution is -2.29. The fourth-order valence-corrected chi connectivity index (χ4v) is 3.19. The first-order chi connectivity index (χ1) is 13.4. The van der Waals surface area contributed by atoms with E-state index in [1.54, 1.807) is 0 Å². The molecule has 0 saturated heterocycles. The number of aromatic nitrogens is 2. The maximum Gasteiger partial charge on any atom is 0.329 e. The number of nitrogens with two attached hydrogens (primary N) is 1. The van der Waals surface area contributed by atoms with Crippen molar-refractivity contribution in [1.82, 2.24) is 9.97 Å². The zero-order valence-corrected chi connectivity index (χ0v) is 15.2. The van der Waals surface area contributed by atoms with E-state index in [0.717, 1.165) is 44.0 Å². The van der Waals surface area contributed by atoms with Crippen LogP contribution >= 0.6 is 0 Å². The first-order valence-electron chi connectivity index (χ1n) is 9.11. The molecule has 4 N–H and O–H groups in total. The largest absolute Gasteiger partial charge is 0.364 e. The third kappa shape index (κ3) is 5.10. The summed E-state index contributed by atoms with van der Waals surface area (Å²) in [5.74, 6) is -1.21. The van der Waals surface area contributed by atoms with Crippen molar-refractivity contribution in [2.24, 2.45) is 11.7 Å². The summed E-state index contributed by atoms with van der Waals surface area (Å²) in [5, 5.41) is 17.2. The van der Waals surface area contributed by atoms with E-state index in [0.29, 0.717) is 18.0 Å². The molecule has 8 nitrogen and oxygen atoms in total. The number of hydrogen-bond acceptors (Lipinski definition) is 7. The summed E-state index contributed by atoms with van der Waals surface area (Å²) in [6.45, 7) is 0.710. The zero-order valence-electron chi connectivity index (χ0n) is 15.2. The topological polar surface area (TPSA) is 119 Å². The molecule has 0 bridgehead atoms. The highest BCUT2D eigenvalue weighted by Gasteiger charge is 2.21. The lowest BCUT2D eigenvalue weighted by molar-refractivity contribution is -0.384. The van der Waals surface area contributed by atoms with Gasteiger partial charge in [-0.2, -0.15) is 4.98 Å². The summed E-state index contributed by atoms with van der Waals surface area (Å²) in [6, 6.07) is 3.77. The second-order valence-corrected chi connectivity index (χ2v) is 6.95. The molecule has 0 aliphatic heterocycles. The number of anilines is 2. The van der Waals surface area contributed by atoms with Crippen molar-refractivity contribution in [3.63, 3.8) is 0 Å². The van der Waals surface area contributed by atoms with Crippen molar-refractivity contribution < 1.29 is 13.7 Å². The molecule has 1 aliphatic carbocycles. The van der Waals surface area contributed by atoms with Gasteiger partial charge in [-0.25, -0.2) is 13.8 Å². The number of halogens is 2. The smallest absolute Gasteiger partial charge is 0.329 e. The molecule has 0 radical (unpaired) electrons. The monoisotopic (exact) mass is 392 g/mol. The standard InChI is InChI=1S/C18H22F2N6O2/c19-14-6-3-12(7-15(14)20)9-23-18-24-10-16(26(27)28)17(25-18)22-8-11-1-4-13(21)5-2-11/h3,6-7,10-11,13H,1-2,4-5,8-9,21H2,(H2,22,23,24,25)/t11-,13-. The summed E-state index contributed by atoms with van der Waals surface area (Å²) >= 11 is 0. The Morgan fingerprint density at radius 3 is 2.61 bits per heavy atom. The number of nitrogens with zero attached hydrogens (tertiary/aromatic N) is 3. The van der Waals surface area contributed by atoms with Crippen LogP contribution in [0, 0.1) is 27.7 Å². The van der Waals surface area contributed by atoms with E-state index in [2.05, 4.69) is 20.6 Å².